The van der Waals surface area contributed by atoms with Crippen molar-refractivity contribution in [2.75, 3.05) is 32.8 Å². The summed E-state index contributed by atoms with van der Waals surface area (Å²) >= 11 is 0. The van der Waals surface area contributed by atoms with Crippen molar-refractivity contribution in [3.05, 3.63) is 6.92 Å². The molecule has 0 aromatic rings. The molecule has 5 nitrogen and oxygen atoms in total. The minimum absolute atomic E-state index is 0.126. The molecule has 0 unspecified atom stereocenters. The van der Waals surface area contributed by atoms with E-state index in [4.69, 9.17) is 4.74 Å². The second-order valence-corrected chi connectivity index (χ2v) is 4.09. The van der Waals surface area contributed by atoms with E-state index in [9.17, 15) is 9.59 Å². The first-order chi connectivity index (χ1) is 8.19. The van der Waals surface area contributed by atoms with Gasteiger partial charge in [0, 0.05) is 32.6 Å². The summed E-state index contributed by atoms with van der Waals surface area (Å²) in [5.74, 6) is 0.126. The van der Waals surface area contributed by atoms with Crippen LogP contribution in [0.4, 0.5) is 4.79 Å². The van der Waals surface area contributed by atoms with Gasteiger partial charge in [-0.05, 0) is 12.8 Å². The summed E-state index contributed by atoms with van der Waals surface area (Å²) in [6.45, 7) is 8.40. The molecule has 1 aliphatic heterocycles. The quantitative estimate of drug-likeness (QED) is 0.745. The smallest absolute Gasteiger partial charge is 0.409 e. The minimum atomic E-state index is -0.267. The predicted molar refractivity (Wildman–Crippen MR) is 64.4 cm³/mol. The van der Waals surface area contributed by atoms with Gasteiger partial charge in [-0.1, -0.05) is 13.8 Å². The number of nitrogens with zero attached hydrogens (tertiary/aromatic N) is 2. The third-order valence-electron chi connectivity index (χ3n) is 2.71. The average Bonchev–Trinajstić information content (AvgIpc) is 2.36. The molecule has 5 heteroatoms. The van der Waals surface area contributed by atoms with E-state index in [1.807, 2.05) is 6.92 Å². The van der Waals surface area contributed by atoms with Crippen LogP contribution in [0.5, 0.6) is 0 Å². The first-order valence-corrected chi connectivity index (χ1v) is 6.17. The molecule has 0 bridgehead atoms. The number of carbonyl (C=O) groups is 2. The van der Waals surface area contributed by atoms with Crippen LogP contribution in [-0.4, -0.2) is 54.6 Å². The summed E-state index contributed by atoms with van der Waals surface area (Å²) < 4.78 is 5.05. The molecular weight excluding hydrogens is 220 g/mol. The average molecular weight is 241 g/mol. The van der Waals surface area contributed by atoms with Crippen LogP contribution in [0.15, 0.2) is 0 Å². The molecule has 0 aromatic heterocycles. The monoisotopic (exact) mass is 241 g/mol. The lowest BCUT2D eigenvalue weighted by atomic mass is 10.2. The summed E-state index contributed by atoms with van der Waals surface area (Å²) in [6.07, 6.45) is 1.67. The molecule has 0 atom stereocenters. The van der Waals surface area contributed by atoms with Crippen molar-refractivity contribution < 1.29 is 14.3 Å². The number of carbonyl (C=O) groups excluding carboxylic acids is 2. The molecule has 1 heterocycles. The molecule has 1 rings (SSSR count). The van der Waals surface area contributed by atoms with Crippen molar-refractivity contribution in [2.24, 2.45) is 0 Å². The van der Waals surface area contributed by atoms with Gasteiger partial charge < -0.3 is 14.5 Å². The minimum Gasteiger partial charge on any atom is -0.449 e. The Labute approximate surface area is 103 Å². The van der Waals surface area contributed by atoms with Crippen LogP contribution in [0.2, 0.25) is 0 Å². The van der Waals surface area contributed by atoms with Gasteiger partial charge in [0.2, 0.25) is 5.91 Å². The fourth-order valence-corrected chi connectivity index (χ4v) is 1.73. The van der Waals surface area contributed by atoms with Crippen molar-refractivity contribution in [2.45, 2.75) is 26.2 Å². The number of hydrogen-bond donors (Lipinski definition) is 0. The Kier molecular flexibility index (Phi) is 5.80. The van der Waals surface area contributed by atoms with Crippen LogP contribution in [0.3, 0.4) is 0 Å². The third-order valence-corrected chi connectivity index (χ3v) is 2.71. The fraction of sp³-hybridized carbons (Fsp3) is 0.750. The van der Waals surface area contributed by atoms with Crippen LogP contribution >= 0.6 is 0 Å². The number of piperazine rings is 1. The fourth-order valence-electron chi connectivity index (χ4n) is 1.73. The molecule has 0 spiro atoms. The van der Waals surface area contributed by atoms with Crippen molar-refractivity contribution in [1.82, 2.24) is 9.80 Å². The second kappa shape index (κ2) is 7.14. The molecule has 1 radical (unpaired) electrons. The van der Waals surface area contributed by atoms with Crippen LogP contribution in [0.25, 0.3) is 0 Å². The highest BCUT2D eigenvalue weighted by Crippen LogP contribution is 2.06. The summed E-state index contributed by atoms with van der Waals surface area (Å²) in [5, 5.41) is 0. The lowest BCUT2D eigenvalue weighted by molar-refractivity contribution is -0.132. The van der Waals surface area contributed by atoms with E-state index in [1.165, 1.54) is 0 Å². The summed E-state index contributed by atoms with van der Waals surface area (Å²) in [7, 11) is 0. The standard InChI is InChI=1S/C12H21N2O3/c1-3-5-11(15)13-6-8-14(9-7-13)12(16)17-10-4-2/h1,3-10H2,2H3. The van der Waals surface area contributed by atoms with E-state index in [2.05, 4.69) is 6.92 Å². The van der Waals surface area contributed by atoms with E-state index >= 15 is 0 Å². The number of amides is 2. The van der Waals surface area contributed by atoms with Crippen LogP contribution in [-0.2, 0) is 9.53 Å². The van der Waals surface area contributed by atoms with Gasteiger partial charge in [-0.15, -0.1) is 0 Å². The zero-order valence-electron chi connectivity index (χ0n) is 10.5. The van der Waals surface area contributed by atoms with Gasteiger partial charge in [-0.25, -0.2) is 4.79 Å². The zero-order chi connectivity index (χ0) is 12.7. The van der Waals surface area contributed by atoms with Crippen LogP contribution < -0.4 is 0 Å². The van der Waals surface area contributed by atoms with E-state index in [0.29, 0.717) is 45.6 Å². The van der Waals surface area contributed by atoms with Gasteiger partial charge in [-0.2, -0.15) is 0 Å². The molecule has 0 N–H and O–H groups in total. The van der Waals surface area contributed by atoms with Crippen molar-refractivity contribution >= 4 is 12.0 Å². The molecule has 97 valence electrons. The SMILES string of the molecule is [CH2]CCC(=O)N1CCN(C(=O)OCCC)CC1. The Balaban J connectivity index is 2.30. The normalized spacial score (nSPS) is 15.9. The Hall–Kier alpha value is -1.26. The number of rotatable bonds is 4. The first kappa shape index (κ1) is 13.8. The lowest BCUT2D eigenvalue weighted by Gasteiger charge is -2.34. The van der Waals surface area contributed by atoms with Gasteiger partial charge in [0.25, 0.3) is 0 Å². The van der Waals surface area contributed by atoms with Crippen LogP contribution in [0.1, 0.15) is 26.2 Å². The molecular formula is C12H21N2O3. The Morgan fingerprint density at radius 1 is 1.18 bits per heavy atom. The van der Waals surface area contributed by atoms with E-state index in [1.54, 1.807) is 9.80 Å². The molecule has 1 aliphatic rings. The molecule has 17 heavy (non-hydrogen) atoms. The summed E-state index contributed by atoms with van der Waals surface area (Å²) in [6, 6.07) is 0. The molecule has 0 saturated carbocycles. The van der Waals surface area contributed by atoms with Gasteiger partial charge in [0.05, 0.1) is 6.61 Å². The van der Waals surface area contributed by atoms with Crippen molar-refractivity contribution in [3.63, 3.8) is 0 Å². The van der Waals surface area contributed by atoms with E-state index in [-0.39, 0.29) is 12.0 Å². The highest BCUT2D eigenvalue weighted by atomic mass is 16.6. The van der Waals surface area contributed by atoms with E-state index in [0.717, 1.165) is 6.42 Å². The molecule has 1 fully saturated rings. The Morgan fingerprint density at radius 2 is 1.76 bits per heavy atom. The molecule has 1 saturated heterocycles. The highest BCUT2D eigenvalue weighted by Gasteiger charge is 2.24. The second-order valence-electron chi connectivity index (χ2n) is 4.09. The van der Waals surface area contributed by atoms with Gasteiger partial charge in [0.15, 0.2) is 0 Å². The first-order valence-electron chi connectivity index (χ1n) is 6.17. The van der Waals surface area contributed by atoms with Crippen molar-refractivity contribution in [1.29, 1.82) is 0 Å². The maximum atomic E-state index is 11.6. The Morgan fingerprint density at radius 3 is 2.29 bits per heavy atom. The number of ether oxygens (including phenoxy) is 1. The van der Waals surface area contributed by atoms with Gasteiger partial charge in [0.1, 0.15) is 0 Å². The highest BCUT2D eigenvalue weighted by molar-refractivity contribution is 5.76. The third kappa shape index (κ3) is 4.24. The maximum Gasteiger partial charge on any atom is 0.409 e. The summed E-state index contributed by atoms with van der Waals surface area (Å²) in [5.41, 5.74) is 0. The lowest BCUT2D eigenvalue weighted by Crippen LogP contribution is -2.50. The zero-order valence-corrected chi connectivity index (χ0v) is 10.5. The maximum absolute atomic E-state index is 11.6. The number of hydrogen-bond acceptors (Lipinski definition) is 3. The predicted octanol–water partition coefficient (Wildman–Crippen LogP) is 1.29. The topological polar surface area (TPSA) is 49.9 Å². The largest absolute Gasteiger partial charge is 0.449 e. The van der Waals surface area contributed by atoms with Gasteiger partial charge >= 0.3 is 6.09 Å². The van der Waals surface area contributed by atoms with Crippen molar-refractivity contribution in [3.8, 4) is 0 Å². The Bertz CT molecular complexity index is 260. The van der Waals surface area contributed by atoms with E-state index < -0.39 is 0 Å². The molecule has 0 aromatic carbocycles. The summed E-state index contributed by atoms with van der Waals surface area (Å²) in [4.78, 5) is 26.6. The molecule has 2 amide bonds. The van der Waals surface area contributed by atoms with Crippen LogP contribution in [0, 0.1) is 6.92 Å². The van der Waals surface area contributed by atoms with Gasteiger partial charge in [-0.3, -0.25) is 4.79 Å². The molecule has 0 aliphatic carbocycles.